The van der Waals surface area contributed by atoms with Crippen LogP contribution in [-0.2, 0) is 10.4 Å². The maximum atomic E-state index is 12.4. The van der Waals surface area contributed by atoms with Crippen molar-refractivity contribution in [1.82, 2.24) is 10.2 Å². The average molecular weight is 346 g/mol. The zero-order chi connectivity index (χ0) is 17.9. The molecule has 136 valence electrons. The van der Waals surface area contributed by atoms with E-state index < -0.39 is 17.5 Å². The Morgan fingerprint density at radius 1 is 1.12 bits per heavy atom. The summed E-state index contributed by atoms with van der Waals surface area (Å²) in [5.74, 6) is -1.29. The highest BCUT2D eigenvalue weighted by molar-refractivity contribution is 5.76. The normalized spacial score (nSPS) is 29.9. The Morgan fingerprint density at radius 3 is 2.44 bits per heavy atom. The van der Waals surface area contributed by atoms with Gasteiger partial charge in [-0.25, -0.2) is 4.79 Å². The van der Waals surface area contributed by atoms with Gasteiger partial charge in [-0.15, -0.1) is 0 Å². The van der Waals surface area contributed by atoms with Gasteiger partial charge in [0.1, 0.15) is 0 Å². The Bertz CT molecular complexity index is 611. The largest absolute Gasteiger partial charge is 0.481 e. The number of likely N-dealkylation sites (tertiary alicyclic amines) is 1. The zero-order valence-corrected chi connectivity index (χ0v) is 14.4. The molecule has 6 heteroatoms. The lowest BCUT2D eigenvalue weighted by molar-refractivity contribution is -0.143. The summed E-state index contributed by atoms with van der Waals surface area (Å²) >= 11 is 0. The number of nitrogens with one attached hydrogen (secondary N) is 1. The van der Waals surface area contributed by atoms with Crippen molar-refractivity contribution in [2.24, 2.45) is 5.92 Å². The Balaban J connectivity index is 1.52. The van der Waals surface area contributed by atoms with Crippen LogP contribution in [0.4, 0.5) is 4.79 Å². The molecule has 0 spiro atoms. The minimum atomic E-state index is -0.830. The fraction of sp³-hybridized carbons (Fsp3) is 0.579. The van der Waals surface area contributed by atoms with Crippen LogP contribution < -0.4 is 5.32 Å². The Hall–Kier alpha value is -2.08. The molecule has 1 aliphatic heterocycles. The number of carboxylic acids is 1. The van der Waals surface area contributed by atoms with Crippen LogP contribution in [-0.4, -0.2) is 46.2 Å². The van der Waals surface area contributed by atoms with Gasteiger partial charge in [0.2, 0.25) is 0 Å². The summed E-state index contributed by atoms with van der Waals surface area (Å²) in [6.07, 6.45) is 4.01. The quantitative estimate of drug-likeness (QED) is 0.783. The number of carbonyl (C=O) groups excluding carboxylic acids is 1. The van der Waals surface area contributed by atoms with E-state index in [0.717, 1.165) is 12.0 Å². The second-order valence-corrected chi connectivity index (χ2v) is 7.24. The summed E-state index contributed by atoms with van der Waals surface area (Å²) in [5, 5.41) is 23.0. The van der Waals surface area contributed by atoms with E-state index in [9.17, 15) is 14.7 Å². The van der Waals surface area contributed by atoms with Gasteiger partial charge in [0.05, 0.1) is 11.5 Å². The molecule has 1 saturated heterocycles. The monoisotopic (exact) mass is 346 g/mol. The number of hydrogen-bond acceptors (Lipinski definition) is 3. The average Bonchev–Trinajstić information content (AvgIpc) is 2.64. The molecule has 2 amide bonds. The highest BCUT2D eigenvalue weighted by atomic mass is 16.4. The molecule has 1 aromatic carbocycles. The number of piperidine rings is 1. The summed E-state index contributed by atoms with van der Waals surface area (Å²) in [4.78, 5) is 25.2. The second-order valence-electron chi connectivity index (χ2n) is 7.24. The third kappa shape index (κ3) is 4.12. The first-order valence-electron chi connectivity index (χ1n) is 9.04. The van der Waals surface area contributed by atoms with Gasteiger partial charge in [-0.1, -0.05) is 30.3 Å². The SMILES string of the molecule is O=C(O)C1CCCN(C(=O)NC2CCC(O)(c3ccccc3)CC2)C1. The number of carboxylic acid groups (broad SMARTS) is 1. The van der Waals surface area contributed by atoms with Crippen LogP contribution in [0.25, 0.3) is 0 Å². The van der Waals surface area contributed by atoms with E-state index in [1.165, 1.54) is 0 Å². The number of aliphatic hydroxyl groups is 1. The lowest BCUT2D eigenvalue weighted by Gasteiger charge is -2.38. The van der Waals surface area contributed by atoms with E-state index in [1.807, 2.05) is 30.3 Å². The lowest BCUT2D eigenvalue weighted by atomic mass is 9.78. The van der Waals surface area contributed by atoms with Gasteiger partial charge < -0.3 is 20.4 Å². The van der Waals surface area contributed by atoms with Gasteiger partial charge in [0.15, 0.2) is 0 Å². The van der Waals surface area contributed by atoms with Crippen LogP contribution in [0.5, 0.6) is 0 Å². The Labute approximate surface area is 147 Å². The molecule has 0 bridgehead atoms. The molecule has 0 aromatic heterocycles. The molecule has 1 aromatic rings. The fourth-order valence-corrected chi connectivity index (χ4v) is 3.91. The van der Waals surface area contributed by atoms with Crippen LogP contribution in [0.3, 0.4) is 0 Å². The van der Waals surface area contributed by atoms with Crippen LogP contribution in [0.2, 0.25) is 0 Å². The van der Waals surface area contributed by atoms with E-state index >= 15 is 0 Å². The highest BCUT2D eigenvalue weighted by Gasteiger charge is 2.36. The Kier molecular flexibility index (Phi) is 5.27. The maximum absolute atomic E-state index is 12.4. The van der Waals surface area contributed by atoms with Gasteiger partial charge in [0.25, 0.3) is 0 Å². The first-order valence-corrected chi connectivity index (χ1v) is 9.04. The third-order valence-corrected chi connectivity index (χ3v) is 5.51. The molecule has 1 atom stereocenters. The number of nitrogens with zero attached hydrogens (tertiary/aromatic N) is 1. The van der Waals surface area contributed by atoms with Crippen molar-refractivity contribution in [2.45, 2.75) is 50.2 Å². The predicted octanol–water partition coefficient (Wildman–Crippen LogP) is 2.32. The smallest absolute Gasteiger partial charge is 0.317 e. The van der Waals surface area contributed by atoms with E-state index in [2.05, 4.69) is 5.32 Å². The number of urea groups is 1. The first-order chi connectivity index (χ1) is 12.0. The van der Waals surface area contributed by atoms with Gasteiger partial charge in [-0.3, -0.25) is 4.79 Å². The molecule has 1 aliphatic carbocycles. The van der Waals surface area contributed by atoms with Crippen molar-refractivity contribution in [3.8, 4) is 0 Å². The Morgan fingerprint density at radius 2 is 1.80 bits per heavy atom. The molecule has 1 saturated carbocycles. The van der Waals surface area contributed by atoms with Crippen LogP contribution in [0, 0.1) is 5.92 Å². The summed E-state index contributed by atoms with van der Waals surface area (Å²) in [6.45, 7) is 0.887. The van der Waals surface area contributed by atoms with Gasteiger partial charge >= 0.3 is 12.0 Å². The molecular weight excluding hydrogens is 320 g/mol. The van der Waals surface area contributed by atoms with E-state index in [0.29, 0.717) is 38.6 Å². The summed E-state index contributed by atoms with van der Waals surface area (Å²) in [6, 6.07) is 9.52. The number of aliphatic carboxylic acids is 1. The molecule has 0 radical (unpaired) electrons. The van der Waals surface area contributed by atoms with Crippen molar-refractivity contribution in [3.63, 3.8) is 0 Å². The zero-order valence-electron chi connectivity index (χ0n) is 14.4. The fourth-order valence-electron chi connectivity index (χ4n) is 3.91. The molecule has 25 heavy (non-hydrogen) atoms. The molecule has 2 aliphatic rings. The minimum absolute atomic E-state index is 0.0293. The highest BCUT2D eigenvalue weighted by Crippen LogP contribution is 2.37. The summed E-state index contributed by atoms with van der Waals surface area (Å²) in [7, 11) is 0. The predicted molar refractivity (Wildman–Crippen MR) is 93.1 cm³/mol. The van der Waals surface area contributed by atoms with Gasteiger partial charge in [-0.2, -0.15) is 0 Å². The van der Waals surface area contributed by atoms with E-state index in [-0.39, 0.29) is 18.6 Å². The van der Waals surface area contributed by atoms with E-state index in [4.69, 9.17) is 5.11 Å². The topological polar surface area (TPSA) is 89.9 Å². The van der Waals surface area contributed by atoms with Crippen molar-refractivity contribution in [2.75, 3.05) is 13.1 Å². The number of benzene rings is 1. The molecular formula is C19H26N2O4. The molecule has 1 unspecified atom stereocenters. The van der Waals surface area contributed by atoms with Gasteiger partial charge in [-0.05, 0) is 44.1 Å². The number of hydrogen-bond donors (Lipinski definition) is 3. The van der Waals surface area contributed by atoms with E-state index in [1.54, 1.807) is 4.90 Å². The lowest BCUT2D eigenvalue weighted by Crippen LogP contribution is -2.51. The summed E-state index contributed by atoms with van der Waals surface area (Å²) in [5.41, 5.74) is 0.113. The molecule has 2 fully saturated rings. The third-order valence-electron chi connectivity index (χ3n) is 5.51. The minimum Gasteiger partial charge on any atom is -0.481 e. The summed E-state index contributed by atoms with van der Waals surface area (Å²) < 4.78 is 0. The first kappa shape index (κ1) is 17.7. The molecule has 6 nitrogen and oxygen atoms in total. The molecule has 3 N–H and O–H groups in total. The van der Waals surface area contributed by atoms with Crippen LogP contribution in [0.1, 0.15) is 44.1 Å². The van der Waals surface area contributed by atoms with Crippen molar-refractivity contribution in [3.05, 3.63) is 35.9 Å². The molecule has 3 rings (SSSR count). The second kappa shape index (κ2) is 7.44. The van der Waals surface area contributed by atoms with Gasteiger partial charge in [0, 0.05) is 19.1 Å². The number of carbonyl (C=O) groups is 2. The number of rotatable bonds is 3. The van der Waals surface area contributed by atoms with Crippen LogP contribution in [0.15, 0.2) is 30.3 Å². The number of amides is 2. The van der Waals surface area contributed by atoms with Crippen molar-refractivity contribution in [1.29, 1.82) is 0 Å². The molecule has 1 heterocycles. The van der Waals surface area contributed by atoms with Crippen molar-refractivity contribution < 1.29 is 19.8 Å². The standard InChI is InChI=1S/C19H26N2O4/c22-17(23)14-5-4-12-21(13-14)18(24)20-16-8-10-19(25,11-9-16)15-6-2-1-3-7-15/h1-3,6-7,14,16,25H,4-5,8-13H2,(H,20,24)(H,22,23). The van der Waals surface area contributed by atoms with Crippen molar-refractivity contribution >= 4 is 12.0 Å². The van der Waals surface area contributed by atoms with Crippen LogP contribution >= 0.6 is 0 Å². The maximum Gasteiger partial charge on any atom is 0.317 e.